The molecule has 0 radical (unpaired) electrons. The number of benzene rings is 2. The number of nitrogens with one attached hydrogen (secondary N) is 1. The number of halogens is 1. The third-order valence-electron chi connectivity index (χ3n) is 4.52. The van der Waals surface area contributed by atoms with Crippen molar-refractivity contribution >= 4 is 17.3 Å². The van der Waals surface area contributed by atoms with Crippen LogP contribution in [-0.4, -0.2) is 34.8 Å². The van der Waals surface area contributed by atoms with Crippen LogP contribution >= 0.6 is 11.6 Å². The van der Waals surface area contributed by atoms with E-state index in [0.29, 0.717) is 30.4 Å². The fourth-order valence-corrected chi connectivity index (χ4v) is 3.51. The molecule has 0 atom stereocenters. The third-order valence-corrected chi connectivity index (χ3v) is 4.76. The average molecular weight is 400 g/mol. The van der Waals surface area contributed by atoms with Crippen molar-refractivity contribution in [3.63, 3.8) is 0 Å². The molecule has 1 aliphatic carbocycles. The highest BCUT2D eigenvalue weighted by molar-refractivity contribution is 6.30. The van der Waals surface area contributed by atoms with E-state index >= 15 is 0 Å². The molecule has 2 aromatic carbocycles. The van der Waals surface area contributed by atoms with Gasteiger partial charge in [-0.15, -0.1) is 0 Å². The van der Waals surface area contributed by atoms with Crippen LogP contribution < -0.4 is 14.9 Å². The average Bonchev–Trinajstić information content (AvgIpc) is 3.19. The summed E-state index contributed by atoms with van der Waals surface area (Å²) < 4.78 is 11.6. The molecule has 1 aromatic heterocycles. The van der Waals surface area contributed by atoms with Crippen molar-refractivity contribution in [2.24, 2.45) is 0 Å². The van der Waals surface area contributed by atoms with Crippen LogP contribution in [0.4, 0.5) is 5.69 Å². The van der Waals surface area contributed by atoms with Gasteiger partial charge in [0.25, 0.3) is 0 Å². The predicted octanol–water partition coefficient (Wildman–Crippen LogP) is 4.14. The van der Waals surface area contributed by atoms with E-state index in [-0.39, 0.29) is 6.61 Å². The van der Waals surface area contributed by atoms with Crippen molar-refractivity contribution in [1.29, 1.82) is 0 Å². The summed E-state index contributed by atoms with van der Waals surface area (Å²) in [4.78, 5) is 1.71. The van der Waals surface area contributed by atoms with Crippen LogP contribution in [-0.2, 0) is 6.42 Å². The Morgan fingerprint density at radius 3 is 2.82 bits per heavy atom. The number of aromatic nitrogens is 2. The Kier molecular flexibility index (Phi) is 5.41. The Morgan fingerprint density at radius 1 is 1.18 bits per heavy atom. The summed E-state index contributed by atoms with van der Waals surface area (Å²) in [6, 6.07) is 11.5. The second-order valence-electron chi connectivity index (χ2n) is 6.56. The Balaban J connectivity index is 1.61. The van der Waals surface area contributed by atoms with Crippen molar-refractivity contribution < 1.29 is 14.6 Å². The predicted molar refractivity (Wildman–Crippen MR) is 109 cm³/mol. The maximum Gasteiger partial charge on any atom is 0.161 e. The molecule has 7 heteroatoms. The van der Waals surface area contributed by atoms with Gasteiger partial charge in [-0.05, 0) is 42.8 Å². The number of nitrogens with zero attached hydrogens (tertiary/aromatic N) is 2. The largest absolute Gasteiger partial charge is 0.490 e. The lowest BCUT2D eigenvalue weighted by molar-refractivity contribution is 0.225. The van der Waals surface area contributed by atoms with Gasteiger partial charge < -0.3 is 14.6 Å². The van der Waals surface area contributed by atoms with Gasteiger partial charge in [-0.3, -0.25) is 5.43 Å². The van der Waals surface area contributed by atoms with Gasteiger partial charge in [-0.2, -0.15) is 9.89 Å². The molecule has 3 aromatic rings. The zero-order valence-electron chi connectivity index (χ0n) is 15.6. The number of hydrogen-bond donors (Lipinski definition) is 2. The molecule has 0 aliphatic heterocycles. The number of hydrogen-bond acceptors (Lipinski definition) is 5. The molecule has 0 bridgehead atoms. The summed E-state index contributed by atoms with van der Waals surface area (Å²) in [5.41, 5.74) is 8.39. The van der Waals surface area contributed by atoms with Crippen molar-refractivity contribution in [3.05, 3.63) is 58.7 Å². The minimum absolute atomic E-state index is 0.0959. The maximum atomic E-state index is 9.00. The first-order valence-electron chi connectivity index (χ1n) is 9.33. The van der Waals surface area contributed by atoms with Crippen LogP contribution in [0.1, 0.15) is 24.5 Å². The fraction of sp³-hybridized carbons (Fsp3) is 0.286. The molecule has 0 fully saturated rings. The Hall–Kier alpha value is -2.70. The van der Waals surface area contributed by atoms with Gasteiger partial charge in [0.05, 0.1) is 30.8 Å². The molecule has 1 aliphatic rings. The van der Waals surface area contributed by atoms with E-state index in [1.165, 1.54) is 5.56 Å². The number of anilines is 1. The summed E-state index contributed by atoms with van der Waals surface area (Å²) in [7, 11) is 0. The van der Waals surface area contributed by atoms with Gasteiger partial charge in [-0.25, -0.2) is 0 Å². The zero-order chi connectivity index (χ0) is 19.5. The summed E-state index contributed by atoms with van der Waals surface area (Å²) in [5.74, 6) is 1.41. The number of rotatable bonds is 8. The van der Waals surface area contributed by atoms with E-state index in [1.807, 2.05) is 49.5 Å². The monoisotopic (exact) mass is 399 g/mol. The van der Waals surface area contributed by atoms with Crippen LogP contribution in [0.2, 0.25) is 5.02 Å². The smallest absolute Gasteiger partial charge is 0.161 e. The third kappa shape index (κ3) is 3.79. The van der Waals surface area contributed by atoms with E-state index in [2.05, 4.69) is 5.43 Å². The van der Waals surface area contributed by atoms with Gasteiger partial charge in [0, 0.05) is 35.6 Å². The lowest BCUT2D eigenvalue weighted by Gasteiger charge is -2.14. The molecule has 0 saturated carbocycles. The first kappa shape index (κ1) is 18.7. The van der Waals surface area contributed by atoms with Gasteiger partial charge in [0.2, 0.25) is 0 Å². The molecule has 146 valence electrons. The molecule has 0 unspecified atom stereocenters. The minimum atomic E-state index is 0.0959. The summed E-state index contributed by atoms with van der Waals surface area (Å²) in [5, 5.41) is 14.4. The molecule has 1 heterocycles. The molecule has 6 nitrogen and oxygen atoms in total. The van der Waals surface area contributed by atoms with E-state index < -0.39 is 0 Å². The normalized spacial score (nSPS) is 11.8. The second kappa shape index (κ2) is 8.12. The molecular weight excluding hydrogens is 378 g/mol. The van der Waals surface area contributed by atoms with Gasteiger partial charge in [0.15, 0.2) is 11.5 Å². The first-order valence-corrected chi connectivity index (χ1v) is 9.70. The van der Waals surface area contributed by atoms with Crippen LogP contribution in [0.15, 0.2) is 42.6 Å². The highest BCUT2D eigenvalue weighted by Crippen LogP contribution is 2.42. The lowest BCUT2D eigenvalue weighted by atomic mass is 10.1. The van der Waals surface area contributed by atoms with Gasteiger partial charge in [-0.1, -0.05) is 17.7 Å². The molecule has 4 rings (SSSR count). The maximum absolute atomic E-state index is 9.00. The van der Waals surface area contributed by atoms with Crippen LogP contribution in [0.5, 0.6) is 11.5 Å². The molecule has 2 N–H and O–H groups in total. The fourth-order valence-electron chi connectivity index (χ4n) is 3.32. The van der Waals surface area contributed by atoms with Crippen LogP contribution in [0.25, 0.3) is 11.3 Å². The molecular formula is C21H22ClN3O3. The Labute approximate surface area is 168 Å². The van der Waals surface area contributed by atoms with Crippen LogP contribution in [0, 0.1) is 0 Å². The van der Waals surface area contributed by atoms with E-state index in [0.717, 1.165) is 34.7 Å². The first-order chi connectivity index (χ1) is 13.7. The van der Waals surface area contributed by atoms with Crippen molar-refractivity contribution in [2.75, 3.05) is 25.2 Å². The molecule has 0 spiro atoms. The van der Waals surface area contributed by atoms with Crippen molar-refractivity contribution in [2.45, 2.75) is 19.8 Å². The topological polar surface area (TPSA) is 68.5 Å². The molecule has 0 amide bonds. The Bertz CT molecular complexity index is 987. The van der Waals surface area contributed by atoms with Gasteiger partial charge in [0.1, 0.15) is 0 Å². The highest BCUT2D eigenvalue weighted by Gasteiger charge is 2.25. The quantitative estimate of drug-likeness (QED) is 0.436. The number of fused-ring (bicyclic) bond motifs is 3. The van der Waals surface area contributed by atoms with Crippen molar-refractivity contribution in [1.82, 2.24) is 9.89 Å². The SMILES string of the molecule is CCOc1cc2c(cc1OCCCO)-c1nn(Nc3cccc(Cl)c3)cc1C2. The number of aliphatic hydroxyl groups is 1. The summed E-state index contributed by atoms with van der Waals surface area (Å²) >= 11 is 6.05. The highest BCUT2D eigenvalue weighted by atomic mass is 35.5. The zero-order valence-corrected chi connectivity index (χ0v) is 16.4. The summed E-state index contributed by atoms with van der Waals surface area (Å²) in [6.45, 7) is 3.05. The number of aliphatic hydroxyl groups excluding tert-OH is 1. The van der Waals surface area contributed by atoms with E-state index in [1.54, 1.807) is 4.79 Å². The van der Waals surface area contributed by atoms with E-state index in [4.69, 9.17) is 31.3 Å². The van der Waals surface area contributed by atoms with E-state index in [9.17, 15) is 0 Å². The minimum Gasteiger partial charge on any atom is -0.490 e. The standard InChI is InChI=1S/C21H22ClN3O3/c1-2-27-19-10-14-9-15-13-25(23-17-6-3-5-16(22)11-17)24-21(15)18(14)12-20(19)28-8-4-7-26/h3,5-6,10-13,23,26H,2,4,7-9H2,1H3. The summed E-state index contributed by atoms with van der Waals surface area (Å²) in [6.07, 6.45) is 3.36. The van der Waals surface area contributed by atoms with Crippen LogP contribution in [0.3, 0.4) is 0 Å². The Morgan fingerprint density at radius 2 is 2.04 bits per heavy atom. The number of ether oxygens (including phenoxy) is 2. The molecule has 28 heavy (non-hydrogen) atoms. The molecule has 0 saturated heterocycles. The second-order valence-corrected chi connectivity index (χ2v) is 7.00. The lowest BCUT2D eigenvalue weighted by Crippen LogP contribution is -2.10. The van der Waals surface area contributed by atoms with Gasteiger partial charge >= 0.3 is 0 Å². The van der Waals surface area contributed by atoms with Crippen molar-refractivity contribution in [3.8, 4) is 22.8 Å².